The summed E-state index contributed by atoms with van der Waals surface area (Å²) < 4.78 is 33.1. The molecular weight excluding hydrogens is 250 g/mol. The fourth-order valence-electron chi connectivity index (χ4n) is 3.38. The van der Waals surface area contributed by atoms with E-state index in [9.17, 15) is 8.78 Å². The molecule has 104 valence electrons. The van der Waals surface area contributed by atoms with E-state index in [0.717, 1.165) is 19.3 Å². The van der Waals surface area contributed by atoms with Gasteiger partial charge in [-0.3, -0.25) is 11.3 Å². The van der Waals surface area contributed by atoms with Gasteiger partial charge in [-0.15, -0.1) is 0 Å². The maximum atomic E-state index is 13.7. The van der Waals surface area contributed by atoms with Crippen molar-refractivity contribution in [3.8, 4) is 0 Å². The minimum absolute atomic E-state index is 0.105. The van der Waals surface area contributed by atoms with Gasteiger partial charge in [0, 0.05) is 17.5 Å². The van der Waals surface area contributed by atoms with Crippen molar-refractivity contribution >= 4 is 0 Å². The summed E-state index contributed by atoms with van der Waals surface area (Å²) in [5, 5.41) is 0. The van der Waals surface area contributed by atoms with Gasteiger partial charge in [0.1, 0.15) is 11.6 Å². The molecule has 0 saturated carbocycles. The molecule has 2 heterocycles. The zero-order valence-electron chi connectivity index (χ0n) is 10.6. The van der Waals surface area contributed by atoms with Crippen LogP contribution in [0.1, 0.15) is 24.8 Å². The van der Waals surface area contributed by atoms with Crippen molar-refractivity contribution in [2.24, 2.45) is 11.8 Å². The van der Waals surface area contributed by atoms with Crippen molar-refractivity contribution in [3.63, 3.8) is 0 Å². The second kappa shape index (κ2) is 5.15. The molecule has 1 aromatic carbocycles. The quantitative estimate of drug-likeness (QED) is 0.648. The molecule has 0 radical (unpaired) electrons. The number of nitrogens with one attached hydrogen (secondary N) is 1. The van der Waals surface area contributed by atoms with E-state index in [1.165, 1.54) is 18.2 Å². The Morgan fingerprint density at radius 2 is 2.05 bits per heavy atom. The smallest absolute Gasteiger partial charge is 0.129 e. The lowest BCUT2D eigenvalue weighted by atomic mass is 9.81. The van der Waals surface area contributed by atoms with Crippen LogP contribution in [0.3, 0.4) is 0 Å². The molecule has 0 amide bonds. The summed E-state index contributed by atoms with van der Waals surface area (Å²) in [6.45, 7) is 0. The Labute approximate surface area is 111 Å². The van der Waals surface area contributed by atoms with Crippen LogP contribution in [0.15, 0.2) is 18.2 Å². The predicted molar refractivity (Wildman–Crippen MR) is 67.2 cm³/mol. The number of fused-ring (bicyclic) bond motifs is 2. The largest absolute Gasteiger partial charge is 0.375 e. The van der Waals surface area contributed by atoms with E-state index in [4.69, 9.17) is 10.6 Å². The van der Waals surface area contributed by atoms with E-state index in [-0.39, 0.29) is 30.0 Å². The summed E-state index contributed by atoms with van der Waals surface area (Å²) in [5.74, 6) is 4.80. The molecule has 4 atom stereocenters. The number of rotatable bonds is 4. The molecule has 3 nitrogen and oxygen atoms in total. The lowest BCUT2D eigenvalue weighted by Gasteiger charge is -2.28. The van der Waals surface area contributed by atoms with Crippen LogP contribution in [0.4, 0.5) is 8.78 Å². The summed E-state index contributed by atoms with van der Waals surface area (Å²) in [6.07, 6.45) is 3.78. The first kappa shape index (κ1) is 13.0. The van der Waals surface area contributed by atoms with Crippen molar-refractivity contribution < 1.29 is 13.5 Å². The SMILES string of the molecule is NNC(Cc1c(F)cccc1F)C1CC2CCC1O2. The Morgan fingerprint density at radius 1 is 1.32 bits per heavy atom. The van der Waals surface area contributed by atoms with Crippen LogP contribution in [-0.2, 0) is 11.2 Å². The molecule has 1 aromatic rings. The van der Waals surface area contributed by atoms with E-state index >= 15 is 0 Å². The number of hydrogen-bond acceptors (Lipinski definition) is 3. The molecule has 2 saturated heterocycles. The van der Waals surface area contributed by atoms with Crippen LogP contribution >= 0.6 is 0 Å². The molecule has 4 unspecified atom stereocenters. The molecule has 2 aliphatic rings. The Balaban J connectivity index is 1.77. The zero-order valence-corrected chi connectivity index (χ0v) is 10.6. The maximum Gasteiger partial charge on any atom is 0.129 e. The first-order valence-electron chi connectivity index (χ1n) is 6.73. The van der Waals surface area contributed by atoms with Gasteiger partial charge in [-0.1, -0.05) is 6.07 Å². The van der Waals surface area contributed by atoms with E-state index in [0.29, 0.717) is 6.10 Å². The molecular formula is C14H18F2N2O. The van der Waals surface area contributed by atoms with Crippen LogP contribution < -0.4 is 11.3 Å². The monoisotopic (exact) mass is 268 g/mol. The molecule has 5 heteroatoms. The van der Waals surface area contributed by atoms with Gasteiger partial charge in [-0.25, -0.2) is 8.78 Å². The number of hydrogen-bond donors (Lipinski definition) is 2. The molecule has 0 aromatic heterocycles. The third kappa shape index (κ3) is 2.38. The van der Waals surface area contributed by atoms with E-state index < -0.39 is 11.6 Å². The average molecular weight is 268 g/mol. The van der Waals surface area contributed by atoms with Crippen molar-refractivity contribution in [1.29, 1.82) is 0 Å². The molecule has 3 rings (SSSR count). The molecule has 19 heavy (non-hydrogen) atoms. The second-order valence-corrected chi connectivity index (χ2v) is 5.45. The highest BCUT2D eigenvalue weighted by Gasteiger charge is 2.44. The fraction of sp³-hybridized carbons (Fsp3) is 0.571. The van der Waals surface area contributed by atoms with Crippen molar-refractivity contribution in [2.45, 2.75) is 43.9 Å². The molecule has 2 fully saturated rings. The van der Waals surface area contributed by atoms with Crippen LogP contribution in [0.5, 0.6) is 0 Å². The Hall–Kier alpha value is -1.04. The van der Waals surface area contributed by atoms with Crippen molar-refractivity contribution in [1.82, 2.24) is 5.43 Å². The van der Waals surface area contributed by atoms with Gasteiger partial charge in [0.2, 0.25) is 0 Å². The number of nitrogens with two attached hydrogens (primary N) is 1. The van der Waals surface area contributed by atoms with E-state index in [1.54, 1.807) is 0 Å². The summed E-state index contributed by atoms with van der Waals surface area (Å²) in [5.41, 5.74) is 2.82. The molecule has 0 aliphatic carbocycles. The van der Waals surface area contributed by atoms with E-state index in [2.05, 4.69) is 5.43 Å². The Morgan fingerprint density at radius 3 is 2.58 bits per heavy atom. The second-order valence-electron chi connectivity index (χ2n) is 5.45. The standard InChI is InChI=1S/C14H18F2N2O/c15-11-2-1-3-12(16)9(11)7-13(18-17)10-6-8-4-5-14(10)19-8/h1-3,8,10,13-14,18H,4-7,17H2. The third-order valence-electron chi connectivity index (χ3n) is 4.37. The number of ether oxygens (including phenoxy) is 1. The molecule has 0 spiro atoms. The summed E-state index contributed by atoms with van der Waals surface area (Å²) >= 11 is 0. The van der Waals surface area contributed by atoms with Gasteiger partial charge in [-0.2, -0.15) is 0 Å². The predicted octanol–water partition coefficient (Wildman–Crippen LogP) is 1.91. The molecule has 2 bridgehead atoms. The van der Waals surface area contributed by atoms with Crippen molar-refractivity contribution in [2.75, 3.05) is 0 Å². The first-order chi connectivity index (χ1) is 9.19. The normalized spacial score (nSPS) is 30.8. The lowest BCUT2D eigenvalue weighted by Crippen LogP contribution is -2.46. The molecule has 3 N–H and O–H groups in total. The minimum atomic E-state index is -0.510. The summed E-state index contributed by atoms with van der Waals surface area (Å²) in [6, 6.07) is 3.79. The third-order valence-corrected chi connectivity index (χ3v) is 4.37. The van der Waals surface area contributed by atoms with Crippen LogP contribution in [-0.4, -0.2) is 18.2 Å². The maximum absolute atomic E-state index is 13.7. The van der Waals surface area contributed by atoms with Gasteiger partial charge < -0.3 is 4.74 Å². The first-order valence-corrected chi connectivity index (χ1v) is 6.73. The van der Waals surface area contributed by atoms with Gasteiger partial charge in [0.25, 0.3) is 0 Å². The number of benzene rings is 1. The van der Waals surface area contributed by atoms with Gasteiger partial charge in [0.05, 0.1) is 12.2 Å². The number of hydrazine groups is 1. The number of halogens is 2. The van der Waals surface area contributed by atoms with Gasteiger partial charge >= 0.3 is 0 Å². The summed E-state index contributed by atoms with van der Waals surface area (Å²) in [7, 11) is 0. The highest BCUT2D eigenvalue weighted by Crippen LogP contribution is 2.41. The lowest BCUT2D eigenvalue weighted by molar-refractivity contribution is 0.0855. The van der Waals surface area contributed by atoms with Gasteiger partial charge in [-0.05, 0) is 37.8 Å². The van der Waals surface area contributed by atoms with Gasteiger partial charge in [0.15, 0.2) is 0 Å². The Bertz CT molecular complexity index is 449. The van der Waals surface area contributed by atoms with Crippen LogP contribution in [0.25, 0.3) is 0 Å². The Kier molecular flexibility index (Phi) is 3.52. The minimum Gasteiger partial charge on any atom is -0.375 e. The zero-order chi connectivity index (χ0) is 13.4. The topological polar surface area (TPSA) is 47.3 Å². The van der Waals surface area contributed by atoms with Crippen LogP contribution in [0, 0.1) is 17.6 Å². The van der Waals surface area contributed by atoms with Crippen LogP contribution in [0.2, 0.25) is 0 Å². The highest BCUT2D eigenvalue weighted by atomic mass is 19.1. The molecule has 2 aliphatic heterocycles. The van der Waals surface area contributed by atoms with E-state index in [1.807, 2.05) is 0 Å². The summed E-state index contributed by atoms with van der Waals surface area (Å²) in [4.78, 5) is 0. The van der Waals surface area contributed by atoms with Crippen molar-refractivity contribution in [3.05, 3.63) is 35.4 Å². The fourth-order valence-corrected chi connectivity index (χ4v) is 3.38. The highest BCUT2D eigenvalue weighted by molar-refractivity contribution is 5.21. The average Bonchev–Trinajstić information content (AvgIpc) is 3.01.